The molecule has 3 N–H and O–H groups in total. The van der Waals surface area contributed by atoms with Crippen LogP contribution in [0.25, 0.3) is 11.1 Å². The first kappa shape index (κ1) is 20.8. The fourth-order valence-electron chi connectivity index (χ4n) is 4.52. The summed E-state index contributed by atoms with van der Waals surface area (Å²) < 4.78 is 6.85. The third-order valence-corrected chi connectivity index (χ3v) is 5.92. The van der Waals surface area contributed by atoms with Crippen molar-refractivity contribution in [2.24, 2.45) is 0 Å². The standard InChI is InChI=1S/C27H24N2O.H3N/c1-3-8-21(9-4-1)18-27(19-22-10-5-2-6-11-22)16-14-25-24(12-7-13-26(25)30-27)23-15-17-28-29-20-23;/h1-13,15,17,20H,14,16,18-19H2;1H3. The minimum absolute atomic E-state index is 0. The first-order chi connectivity index (χ1) is 14.8. The lowest BCUT2D eigenvalue weighted by Crippen LogP contribution is -2.44. The highest BCUT2D eigenvalue weighted by Gasteiger charge is 2.37. The van der Waals surface area contributed by atoms with Gasteiger partial charge in [-0.15, -0.1) is 0 Å². The number of ether oxygens (including phenoxy) is 1. The molecule has 156 valence electrons. The maximum atomic E-state index is 6.85. The summed E-state index contributed by atoms with van der Waals surface area (Å²) in [5.74, 6) is 0.988. The molecule has 0 saturated carbocycles. The van der Waals surface area contributed by atoms with E-state index in [4.69, 9.17) is 4.74 Å². The van der Waals surface area contributed by atoms with Crippen LogP contribution >= 0.6 is 0 Å². The molecule has 1 aromatic heterocycles. The molecule has 4 heteroatoms. The predicted octanol–water partition coefficient (Wildman–Crippen LogP) is 5.85. The van der Waals surface area contributed by atoms with Crippen molar-refractivity contribution >= 4 is 0 Å². The summed E-state index contributed by atoms with van der Waals surface area (Å²) in [6.45, 7) is 0. The zero-order valence-corrected chi connectivity index (χ0v) is 17.6. The highest BCUT2D eigenvalue weighted by molar-refractivity contribution is 5.69. The number of hydrogen-bond donors (Lipinski definition) is 1. The lowest BCUT2D eigenvalue weighted by molar-refractivity contribution is 0.0466. The average Bonchev–Trinajstić information content (AvgIpc) is 2.80. The highest BCUT2D eigenvalue weighted by atomic mass is 16.5. The van der Waals surface area contributed by atoms with Gasteiger partial charge in [0.25, 0.3) is 0 Å². The van der Waals surface area contributed by atoms with Crippen molar-refractivity contribution in [3.8, 4) is 16.9 Å². The lowest BCUT2D eigenvalue weighted by atomic mass is 9.80. The second kappa shape index (κ2) is 9.11. The largest absolute Gasteiger partial charge is 0.486 e. The summed E-state index contributed by atoms with van der Waals surface area (Å²) in [5.41, 5.74) is 5.91. The molecule has 1 aliphatic heterocycles. The second-order valence-electron chi connectivity index (χ2n) is 8.02. The van der Waals surface area contributed by atoms with Crippen molar-refractivity contribution in [3.05, 3.63) is 114 Å². The second-order valence-corrected chi connectivity index (χ2v) is 8.02. The van der Waals surface area contributed by atoms with Crippen molar-refractivity contribution in [1.82, 2.24) is 16.3 Å². The van der Waals surface area contributed by atoms with Crippen molar-refractivity contribution < 1.29 is 4.74 Å². The van der Waals surface area contributed by atoms with Crippen LogP contribution in [-0.2, 0) is 19.3 Å². The summed E-state index contributed by atoms with van der Waals surface area (Å²) >= 11 is 0. The van der Waals surface area contributed by atoms with Crippen LogP contribution in [0.4, 0.5) is 0 Å². The summed E-state index contributed by atoms with van der Waals surface area (Å²) in [6, 6.07) is 29.7. The molecule has 3 aromatic carbocycles. The van der Waals surface area contributed by atoms with Gasteiger partial charge < -0.3 is 10.9 Å². The molecular weight excluding hydrogens is 382 g/mol. The van der Waals surface area contributed by atoms with Crippen LogP contribution in [0.1, 0.15) is 23.1 Å². The first-order valence-electron chi connectivity index (χ1n) is 10.5. The molecule has 0 spiro atoms. The molecule has 5 rings (SSSR count). The van der Waals surface area contributed by atoms with Crippen LogP contribution < -0.4 is 10.9 Å². The van der Waals surface area contributed by atoms with E-state index in [1.807, 2.05) is 12.3 Å². The smallest absolute Gasteiger partial charge is 0.123 e. The van der Waals surface area contributed by atoms with Crippen LogP contribution in [0, 0.1) is 0 Å². The van der Waals surface area contributed by atoms with Gasteiger partial charge in [0.2, 0.25) is 0 Å². The van der Waals surface area contributed by atoms with E-state index in [0.29, 0.717) is 0 Å². The van der Waals surface area contributed by atoms with Gasteiger partial charge in [-0.25, -0.2) is 0 Å². The maximum Gasteiger partial charge on any atom is 0.123 e. The van der Waals surface area contributed by atoms with E-state index in [1.54, 1.807) is 6.20 Å². The van der Waals surface area contributed by atoms with E-state index in [9.17, 15) is 0 Å². The number of hydrogen-bond acceptors (Lipinski definition) is 4. The SMILES string of the molecule is N.c1ccc(CC2(Cc3ccccc3)CCc3c(cccc3-c3ccnnc3)O2)cc1. The molecular formula is C27H27N3O. The number of nitrogens with zero attached hydrogens (tertiary/aromatic N) is 2. The predicted molar refractivity (Wildman–Crippen MR) is 124 cm³/mol. The van der Waals surface area contributed by atoms with Crippen molar-refractivity contribution in [2.45, 2.75) is 31.3 Å². The quantitative estimate of drug-likeness (QED) is 0.448. The van der Waals surface area contributed by atoms with Gasteiger partial charge in [0, 0.05) is 24.0 Å². The van der Waals surface area contributed by atoms with Crippen molar-refractivity contribution in [3.63, 3.8) is 0 Å². The van der Waals surface area contributed by atoms with Gasteiger partial charge in [-0.2, -0.15) is 10.2 Å². The molecule has 0 unspecified atom stereocenters. The maximum absolute atomic E-state index is 6.85. The van der Waals surface area contributed by atoms with Gasteiger partial charge in [-0.05, 0) is 41.7 Å². The Morgan fingerprint density at radius 1 is 0.742 bits per heavy atom. The minimum atomic E-state index is -0.259. The fraction of sp³-hybridized carbons (Fsp3) is 0.185. The van der Waals surface area contributed by atoms with Crippen LogP contribution in [-0.4, -0.2) is 15.8 Å². The summed E-state index contributed by atoms with van der Waals surface area (Å²) in [6.07, 6.45) is 7.30. The molecule has 0 atom stereocenters. The number of fused-ring (bicyclic) bond motifs is 1. The Morgan fingerprint density at radius 3 is 2.03 bits per heavy atom. The lowest BCUT2D eigenvalue weighted by Gasteiger charge is -2.40. The van der Waals surface area contributed by atoms with E-state index >= 15 is 0 Å². The van der Waals surface area contributed by atoms with Gasteiger partial charge in [-0.1, -0.05) is 72.8 Å². The van der Waals surface area contributed by atoms with Crippen molar-refractivity contribution in [1.29, 1.82) is 0 Å². The third-order valence-electron chi connectivity index (χ3n) is 5.92. The van der Waals surface area contributed by atoms with Gasteiger partial charge in [0.1, 0.15) is 11.4 Å². The Labute approximate surface area is 183 Å². The van der Waals surface area contributed by atoms with E-state index in [1.165, 1.54) is 22.3 Å². The zero-order valence-electron chi connectivity index (χ0n) is 17.6. The van der Waals surface area contributed by atoms with E-state index in [-0.39, 0.29) is 11.8 Å². The van der Waals surface area contributed by atoms with Crippen LogP contribution in [0.5, 0.6) is 5.75 Å². The number of aromatic nitrogens is 2. The minimum Gasteiger partial charge on any atom is -0.486 e. The molecule has 0 amide bonds. The molecule has 0 radical (unpaired) electrons. The van der Waals surface area contributed by atoms with Crippen molar-refractivity contribution in [2.75, 3.05) is 0 Å². The Morgan fingerprint density at radius 2 is 1.42 bits per heavy atom. The van der Waals surface area contributed by atoms with Crippen LogP contribution in [0.3, 0.4) is 0 Å². The average molecular weight is 410 g/mol. The molecule has 2 heterocycles. The summed E-state index contributed by atoms with van der Waals surface area (Å²) in [5, 5.41) is 7.98. The van der Waals surface area contributed by atoms with E-state index in [2.05, 4.69) is 89.1 Å². The molecule has 0 bridgehead atoms. The Bertz CT molecular complexity index is 1070. The summed E-state index contributed by atoms with van der Waals surface area (Å²) in [7, 11) is 0. The number of rotatable bonds is 5. The van der Waals surface area contributed by atoms with Gasteiger partial charge in [-0.3, -0.25) is 0 Å². The molecule has 0 saturated heterocycles. The highest BCUT2D eigenvalue weighted by Crippen LogP contribution is 2.41. The van der Waals surface area contributed by atoms with Gasteiger partial charge in [0.15, 0.2) is 0 Å². The molecule has 1 aliphatic rings. The number of benzene rings is 3. The van der Waals surface area contributed by atoms with Crippen LogP contribution in [0.15, 0.2) is 97.3 Å². The summed E-state index contributed by atoms with van der Waals surface area (Å²) in [4.78, 5) is 0. The normalized spacial score (nSPS) is 14.1. The van der Waals surface area contributed by atoms with Gasteiger partial charge >= 0.3 is 0 Å². The monoisotopic (exact) mass is 409 g/mol. The molecule has 31 heavy (non-hydrogen) atoms. The molecule has 0 aliphatic carbocycles. The Balaban J connectivity index is 0.00000231. The molecule has 0 fully saturated rings. The third kappa shape index (κ3) is 4.49. The van der Waals surface area contributed by atoms with Gasteiger partial charge in [0.05, 0.1) is 12.4 Å². The van der Waals surface area contributed by atoms with Crippen LogP contribution in [0.2, 0.25) is 0 Å². The Hall–Kier alpha value is -3.50. The molecule has 4 nitrogen and oxygen atoms in total. The van der Waals surface area contributed by atoms with E-state index in [0.717, 1.165) is 37.0 Å². The Kier molecular flexibility index (Phi) is 6.10. The zero-order chi connectivity index (χ0) is 20.2. The first-order valence-corrected chi connectivity index (χ1v) is 10.5. The van der Waals surface area contributed by atoms with E-state index < -0.39 is 0 Å². The fourth-order valence-corrected chi connectivity index (χ4v) is 4.52. The topological polar surface area (TPSA) is 70.0 Å². The molecule has 4 aromatic rings.